The normalized spacial score (nSPS) is 11.9. The fourth-order valence-electron chi connectivity index (χ4n) is 7.55. The SMILES string of the molecule is c1ccc(-c2nc(-c3ccc4oc5ccc(-n6c7ccccc7c7ccccc76)cc5c4c3)nc(-c3cccc4sc5ccccc5c34)n2)cc1. The smallest absolute Gasteiger partial charge is 0.164 e. The number of hydrogen-bond acceptors (Lipinski definition) is 5. The van der Waals surface area contributed by atoms with E-state index in [0.717, 1.165) is 44.3 Å². The number of benzene rings is 7. The lowest BCUT2D eigenvalue weighted by molar-refractivity contribution is 0.669. The van der Waals surface area contributed by atoms with Gasteiger partial charge in [-0.15, -0.1) is 11.3 Å². The summed E-state index contributed by atoms with van der Waals surface area (Å²) in [5, 5.41) is 6.90. The maximum absolute atomic E-state index is 6.40. The molecule has 7 aromatic carbocycles. The van der Waals surface area contributed by atoms with Gasteiger partial charge in [-0.3, -0.25) is 0 Å². The molecular weight excluding hydrogens is 645 g/mol. The Morgan fingerprint density at radius 2 is 1.04 bits per heavy atom. The van der Waals surface area contributed by atoms with Gasteiger partial charge in [0.1, 0.15) is 11.2 Å². The summed E-state index contributed by atoms with van der Waals surface area (Å²) in [6.45, 7) is 0. The Morgan fingerprint density at radius 1 is 0.431 bits per heavy atom. The lowest BCUT2D eigenvalue weighted by atomic mass is 10.0. The topological polar surface area (TPSA) is 56.7 Å². The molecule has 5 nitrogen and oxygen atoms in total. The monoisotopic (exact) mass is 670 g/mol. The van der Waals surface area contributed by atoms with Gasteiger partial charge < -0.3 is 8.98 Å². The first-order valence-electron chi connectivity index (χ1n) is 16.9. The van der Waals surface area contributed by atoms with E-state index >= 15 is 0 Å². The lowest BCUT2D eigenvalue weighted by Gasteiger charge is -2.10. The first kappa shape index (κ1) is 28.2. The molecule has 0 aliphatic heterocycles. The fourth-order valence-corrected chi connectivity index (χ4v) is 8.68. The summed E-state index contributed by atoms with van der Waals surface area (Å²) in [5.74, 6) is 1.90. The highest BCUT2D eigenvalue weighted by Gasteiger charge is 2.19. The Labute approximate surface area is 295 Å². The summed E-state index contributed by atoms with van der Waals surface area (Å²) in [7, 11) is 0. The summed E-state index contributed by atoms with van der Waals surface area (Å²) in [6.07, 6.45) is 0. The third-order valence-electron chi connectivity index (χ3n) is 9.86. The number of furan rings is 1. The Balaban J connectivity index is 1.12. The highest BCUT2D eigenvalue weighted by molar-refractivity contribution is 7.25. The van der Waals surface area contributed by atoms with Crippen molar-refractivity contribution in [1.29, 1.82) is 0 Å². The van der Waals surface area contributed by atoms with Crippen LogP contribution in [0.1, 0.15) is 0 Å². The Kier molecular flexibility index (Phi) is 6.05. The molecule has 0 bridgehead atoms. The van der Waals surface area contributed by atoms with Crippen molar-refractivity contribution in [2.24, 2.45) is 0 Å². The van der Waals surface area contributed by atoms with Gasteiger partial charge in [-0.05, 0) is 60.7 Å². The Bertz CT molecular complexity index is 3100. The lowest BCUT2D eigenvalue weighted by Crippen LogP contribution is -2.00. The highest BCUT2D eigenvalue weighted by Crippen LogP contribution is 2.40. The summed E-state index contributed by atoms with van der Waals surface area (Å²) >= 11 is 1.79. The van der Waals surface area contributed by atoms with Crippen LogP contribution in [-0.4, -0.2) is 19.5 Å². The fraction of sp³-hybridized carbons (Fsp3) is 0. The second-order valence-electron chi connectivity index (χ2n) is 12.8. The van der Waals surface area contributed by atoms with Crippen LogP contribution in [0.5, 0.6) is 0 Å². The molecule has 0 amide bonds. The van der Waals surface area contributed by atoms with Gasteiger partial charge in [-0.25, -0.2) is 15.0 Å². The highest BCUT2D eigenvalue weighted by atomic mass is 32.1. The number of aromatic nitrogens is 4. The number of nitrogens with zero attached hydrogens (tertiary/aromatic N) is 4. The zero-order valence-electron chi connectivity index (χ0n) is 27.1. The van der Waals surface area contributed by atoms with Crippen LogP contribution in [0.25, 0.3) is 104 Å². The van der Waals surface area contributed by atoms with Gasteiger partial charge in [0, 0.05) is 64.1 Å². The van der Waals surface area contributed by atoms with Crippen molar-refractivity contribution < 1.29 is 4.42 Å². The minimum absolute atomic E-state index is 0.616. The predicted molar refractivity (Wildman–Crippen MR) is 211 cm³/mol. The predicted octanol–water partition coefficient (Wildman–Crippen LogP) is 12.2. The number of para-hydroxylation sites is 2. The molecule has 11 rings (SSSR count). The van der Waals surface area contributed by atoms with Crippen LogP contribution in [0, 0.1) is 0 Å². The third kappa shape index (κ3) is 4.37. The van der Waals surface area contributed by atoms with Gasteiger partial charge in [0.2, 0.25) is 0 Å². The van der Waals surface area contributed by atoms with E-state index in [1.807, 2.05) is 42.5 Å². The average molecular weight is 671 g/mol. The van der Waals surface area contributed by atoms with Crippen LogP contribution in [-0.2, 0) is 0 Å². The molecular formula is C45H26N4OS. The standard InChI is InChI=1S/C45H26N4OS/c1-2-11-27(12-3-1)43-46-44(48-45(47-43)33-16-10-20-41-42(33)32-15-6-9-19-40(32)51-41)28-21-23-38-34(25-28)35-26-29(22-24-39(35)50-38)49-36-17-7-4-13-30(36)31-14-5-8-18-37(31)49/h1-26H. The maximum Gasteiger partial charge on any atom is 0.164 e. The molecule has 238 valence electrons. The molecule has 4 heterocycles. The summed E-state index contributed by atoms with van der Waals surface area (Å²) in [6, 6.07) is 54.9. The summed E-state index contributed by atoms with van der Waals surface area (Å²) < 4.78 is 11.2. The molecule has 0 aliphatic rings. The first-order chi connectivity index (χ1) is 25.3. The van der Waals surface area contributed by atoms with Crippen molar-refractivity contribution in [1.82, 2.24) is 19.5 Å². The van der Waals surface area contributed by atoms with Crippen molar-refractivity contribution >= 4 is 75.3 Å². The minimum Gasteiger partial charge on any atom is -0.456 e. The van der Waals surface area contributed by atoms with Crippen LogP contribution in [0.15, 0.2) is 162 Å². The van der Waals surface area contributed by atoms with E-state index in [4.69, 9.17) is 19.4 Å². The first-order valence-corrected chi connectivity index (χ1v) is 17.8. The molecule has 4 aromatic heterocycles. The molecule has 0 radical (unpaired) electrons. The van der Waals surface area contributed by atoms with E-state index in [-0.39, 0.29) is 0 Å². The largest absolute Gasteiger partial charge is 0.456 e. The number of rotatable bonds is 4. The van der Waals surface area contributed by atoms with E-state index in [2.05, 4.69) is 120 Å². The summed E-state index contributed by atoms with van der Waals surface area (Å²) in [5.41, 5.74) is 7.92. The van der Waals surface area contributed by atoms with Crippen LogP contribution in [0.2, 0.25) is 0 Å². The minimum atomic E-state index is 0.616. The number of thiophene rings is 1. The second-order valence-corrected chi connectivity index (χ2v) is 13.9. The number of fused-ring (bicyclic) bond motifs is 9. The van der Waals surface area contributed by atoms with Crippen LogP contribution >= 0.6 is 11.3 Å². The molecule has 0 atom stereocenters. The molecule has 0 saturated heterocycles. The zero-order chi connectivity index (χ0) is 33.5. The van der Waals surface area contributed by atoms with E-state index < -0.39 is 0 Å². The van der Waals surface area contributed by atoms with Crippen molar-refractivity contribution in [3.8, 4) is 39.9 Å². The van der Waals surface area contributed by atoms with Crippen LogP contribution in [0.4, 0.5) is 0 Å². The Morgan fingerprint density at radius 3 is 1.82 bits per heavy atom. The van der Waals surface area contributed by atoms with Crippen LogP contribution in [0.3, 0.4) is 0 Å². The van der Waals surface area contributed by atoms with E-state index in [9.17, 15) is 0 Å². The average Bonchev–Trinajstić information content (AvgIpc) is 3.87. The summed E-state index contributed by atoms with van der Waals surface area (Å²) in [4.78, 5) is 15.3. The second kappa shape index (κ2) is 10.9. The van der Waals surface area contributed by atoms with Gasteiger partial charge >= 0.3 is 0 Å². The number of hydrogen-bond donors (Lipinski definition) is 0. The third-order valence-corrected chi connectivity index (χ3v) is 11.0. The van der Waals surface area contributed by atoms with E-state index in [1.165, 1.54) is 42.0 Å². The van der Waals surface area contributed by atoms with Gasteiger partial charge in [-0.2, -0.15) is 0 Å². The van der Waals surface area contributed by atoms with Crippen molar-refractivity contribution in [2.75, 3.05) is 0 Å². The molecule has 0 unspecified atom stereocenters. The van der Waals surface area contributed by atoms with E-state index in [1.54, 1.807) is 11.3 Å². The molecule has 0 saturated carbocycles. The molecule has 0 spiro atoms. The van der Waals surface area contributed by atoms with Gasteiger partial charge in [0.05, 0.1) is 11.0 Å². The van der Waals surface area contributed by atoms with Crippen LogP contribution < -0.4 is 0 Å². The van der Waals surface area contributed by atoms with Crippen molar-refractivity contribution in [2.45, 2.75) is 0 Å². The van der Waals surface area contributed by atoms with Gasteiger partial charge in [-0.1, -0.05) is 97.1 Å². The molecule has 6 heteroatoms. The van der Waals surface area contributed by atoms with Crippen molar-refractivity contribution in [3.63, 3.8) is 0 Å². The maximum atomic E-state index is 6.40. The van der Waals surface area contributed by atoms with E-state index in [0.29, 0.717) is 17.5 Å². The zero-order valence-corrected chi connectivity index (χ0v) is 27.9. The van der Waals surface area contributed by atoms with Gasteiger partial charge in [0.15, 0.2) is 17.5 Å². The molecule has 0 fully saturated rings. The van der Waals surface area contributed by atoms with Crippen molar-refractivity contribution in [3.05, 3.63) is 158 Å². The molecule has 11 aromatic rings. The quantitative estimate of drug-likeness (QED) is 0.187. The molecule has 51 heavy (non-hydrogen) atoms. The molecule has 0 aliphatic carbocycles. The molecule has 0 N–H and O–H groups in total. The Hall–Kier alpha value is -6.63. The van der Waals surface area contributed by atoms with Gasteiger partial charge in [0.25, 0.3) is 0 Å².